The minimum Gasteiger partial charge on any atom is -0.486 e. The van der Waals surface area contributed by atoms with Gasteiger partial charge in [0.05, 0.1) is 0 Å². The van der Waals surface area contributed by atoms with Crippen molar-refractivity contribution in [2.75, 3.05) is 39.3 Å². The van der Waals surface area contributed by atoms with Crippen LogP contribution in [0.3, 0.4) is 0 Å². The molecule has 134 valence electrons. The van der Waals surface area contributed by atoms with Gasteiger partial charge in [0.25, 0.3) is 0 Å². The first-order valence-electron chi connectivity index (χ1n) is 9.15. The van der Waals surface area contributed by atoms with E-state index in [2.05, 4.69) is 50.2 Å². The molecule has 5 heteroatoms. The van der Waals surface area contributed by atoms with Crippen LogP contribution in [0.4, 0.5) is 0 Å². The number of allylic oxidation sites excluding steroid dienone is 2. The maximum atomic E-state index is 6.14. The third kappa shape index (κ3) is 4.39. The van der Waals surface area contributed by atoms with E-state index in [-0.39, 0.29) is 6.10 Å². The van der Waals surface area contributed by atoms with Crippen LogP contribution in [0.25, 0.3) is 0 Å². The van der Waals surface area contributed by atoms with E-state index in [9.17, 15) is 0 Å². The lowest BCUT2D eigenvalue weighted by Gasteiger charge is -2.37. The molecule has 0 N–H and O–H groups in total. The Morgan fingerprint density at radius 2 is 1.96 bits per heavy atom. The summed E-state index contributed by atoms with van der Waals surface area (Å²) < 4.78 is 13.0. The lowest BCUT2D eigenvalue weighted by atomic mass is 9.96. The van der Waals surface area contributed by atoms with Crippen LogP contribution in [0.5, 0.6) is 11.5 Å². The first-order chi connectivity index (χ1) is 12.3. The zero-order chi connectivity index (χ0) is 17.1. The number of hydrogen-bond donors (Lipinski definition) is 0. The number of likely N-dealkylation sites (tertiary alicyclic amines) is 1. The molecule has 3 aliphatic heterocycles. The summed E-state index contributed by atoms with van der Waals surface area (Å²) in [6.45, 7) is 6.13. The van der Waals surface area contributed by atoms with E-state index in [1.54, 1.807) is 0 Å². The van der Waals surface area contributed by atoms with Gasteiger partial charge in [-0.2, -0.15) is 0 Å². The van der Waals surface area contributed by atoms with Crippen molar-refractivity contribution in [1.29, 1.82) is 0 Å². The second-order valence-corrected chi connectivity index (χ2v) is 8.03. The maximum Gasteiger partial charge on any atom is 0.162 e. The zero-order valence-electron chi connectivity index (χ0n) is 14.4. The number of piperidine rings is 1. The van der Waals surface area contributed by atoms with Crippen molar-refractivity contribution in [2.24, 2.45) is 5.92 Å². The molecular weight excluding hydrogens is 380 g/mol. The van der Waals surface area contributed by atoms with E-state index in [1.165, 1.54) is 19.4 Å². The lowest BCUT2D eigenvalue weighted by Crippen LogP contribution is -2.45. The highest BCUT2D eigenvalue weighted by Gasteiger charge is 2.26. The topological polar surface area (TPSA) is 24.9 Å². The summed E-state index contributed by atoms with van der Waals surface area (Å²) in [6.07, 6.45) is 11.4. The first-order valence-corrected chi connectivity index (χ1v) is 9.94. The molecule has 4 nitrogen and oxygen atoms in total. The van der Waals surface area contributed by atoms with Crippen LogP contribution in [0.1, 0.15) is 12.8 Å². The van der Waals surface area contributed by atoms with Gasteiger partial charge in [-0.05, 0) is 62.3 Å². The van der Waals surface area contributed by atoms with Gasteiger partial charge in [-0.25, -0.2) is 0 Å². The summed E-state index contributed by atoms with van der Waals surface area (Å²) in [7, 11) is 0. The van der Waals surface area contributed by atoms with Crippen molar-refractivity contribution in [1.82, 2.24) is 9.80 Å². The fourth-order valence-corrected chi connectivity index (χ4v) is 4.13. The summed E-state index contributed by atoms with van der Waals surface area (Å²) in [5, 5.41) is 0. The smallest absolute Gasteiger partial charge is 0.162 e. The van der Waals surface area contributed by atoms with Crippen LogP contribution in [0.2, 0.25) is 0 Å². The molecule has 0 spiro atoms. The standard InChI is InChI=1S/C20H25BrN2O2/c21-17-4-5-19-20(12-17)25-18(15-24-19)14-23-10-6-16(7-11-23)13-22-8-2-1-3-9-22/h1-5,8,12,16,18H,6-7,9-11,13-15H2/t18-/m0/s1. The lowest BCUT2D eigenvalue weighted by molar-refractivity contribution is 0.0461. The summed E-state index contributed by atoms with van der Waals surface area (Å²) in [5.74, 6) is 2.50. The van der Waals surface area contributed by atoms with Crippen LogP contribution in [0, 0.1) is 5.92 Å². The van der Waals surface area contributed by atoms with Gasteiger partial charge < -0.3 is 14.4 Å². The molecule has 0 aromatic heterocycles. The van der Waals surface area contributed by atoms with E-state index < -0.39 is 0 Å². The Bertz CT molecular complexity index is 653. The van der Waals surface area contributed by atoms with Crippen LogP contribution in [0.15, 0.2) is 47.1 Å². The van der Waals surface area contributed by atoms with E-state index in [0.717, 1.165) is 48.1 Å². The Balaban J connectivity index is 1.24. The Kier molecular flexibility index (Phi) is 5.32. The fourth-order valence-electron chi connectivity index (χ4n) is 3.79. The second-order valence-electron chi connectivity index (χ2n) is 7.11. The third-order valence-corrected chi connectivity index (χ3v) is 5.66. The van der Waals surface area contributed by atoms with Crippen molar-refractivity contribution >= 4 is 15.9 Å². The minimum atomic E-state index is 0.119. The van der Waals surface area contributed by atoms with Gasteiger partial charge >= 0.3 is 0 Å². The van der Waals surface area contributed by atoms with Crippen LogP contribution in [-0.2, 0) is 0 Å². The number of fused-ring (bicyclic) bond motifs is 1. The monoisotopic (exact) mass is 404 g/mol. The summed E-state index contributed by atoms with van der Waals surface area (Å²) in [5.41, 5.74) is 0. The molecule has 0 saturated carbocycles. The van der Waals surface area contributed by atoms with Crippen LogP contribution in [-0.4, -0.2) is 55.2 Å². The van der Waals surface area contributed by atoms with Crippen molar-refractivity contribution in [2.45, 2.75) is 18.9 Å². The molecule has 3 aliphatic rings. The van der Waals surface area contributed by atoms with Gasteiger partial charge in [0.15, 0.2) is 11.5 Å². The molecule has 1 aromatic rings. The predicted molar refractivity (Wildman–Crippen MR) is 103 cm³/mol. The van der Waals surface area contributed by atoms with Gasteiger partial charge in [-0.15, -0.1) is 0 Å². The summed E-state index contributed by atoms with van der Waals surface area (Å²) in [4.78, 5) is 4.95. The van der Waals surface area contributed by atoms with Gasteiger partial charge in [-0.3, -0.25) is 4.90 Å². The molecule has 1 fully saturated rings. The number of nitrogens with zero attached hydrogens (tertiary/aromatic N) is 2. The van der Waals surface area contributed by atoms with Crippen molar-refractivity contribution < 1.29 is 9.47 Å². The van der Waals surface area contributed by atoms with Gasteiger partial charge in [-0.1, -0.05) is 28.1 Å². The van der Waals surface area contributed by atoms with Crippen LogP contribution < -0.4 is 9.47 Å². The largest absolute Gasteiger partial charge is 0.486 e. The summed E-state index contributed by atoms with van der Waals surface area (Å²) >= 11 is 3.50. The van der Waals surface area contributed by atoms with E-state index >= 15 is 0 Å². The highest BCUT2D eigenvalue weighted by molar-refractivity contribution is 9.10. The van der Waals surface area contributed by atoms with Crippen molar-refractivity contribution in [3.63, 3.8) is 0 Å². The highest BCUT2D eigenvalue weighted by atomic mass is 79.9. The number of ether oxygens (including phenoxy) is 2. The first kappa shape index (κ1) is 17.0. The van der Waals surface area contributed by atoms with Crippen LogP contribution >= 0.6 is 15.9 Å². The average Bonchev–Trinajstić information content (AvgIpc) is 2.64. The van der Waals surface area contributed by atoms with E-state index in [4.69, 9.17) is 9.47 Å². The molecule has 1 aromatic carbocycles. The molecule has 1 atom stereocenters. The average molecular weight is 405 g/mol. The van der Waals surface area contributed by atoms with Crippen molar-refractivity contribution in [3.8, 4) is 11.5 Å². The number of rotatable bonds is 4. The molecule has 0 aliphatic carbocycles. The number of hydrogen-bond acceptors (Lipinski definition) is 4. The van der Waals surface area contributed by atoms with Gasteiger partial charge in [0.2, 0.25) is 0 Å². The Morgan fingerprint density at radius 1 is 1.08 bits per heavy atom. The highest BCUT2D eigenvalue weighted by Crippen LogP contribution is 2.34. The molecule has 0 unspecified atom stereocenters. The van der Waals surface area contributed by atoms with Gasteiger partial charge in [0, 0.05) is 24.1 Å². The quantitative estimate of drug-likeness (QED) is 0.763. The van der Waals surface area contributed by atoms with E-state index in [0.29, 0.717) is 6.61 Å². The van der Waals surface area contributed by atoms with E-state index in [1.807, 2.05) is 18.2 Å². The molecule has 4 rings (SSSR count). The Morgan fingerprint density at radius 3 is 2.76 bits per heavy atom. The molecule has 0 amide bonds. The number of benzene rings is 1. The fraction of sp³-hybridized carbons (Fsp3) is 0.500. The second kappa shape index (κ2) is 7.83. The number of halogens is 1. The molecule has 1 saturated heterocycles. The molecule has 25 heavy (non-hydrogen) atoms. The van der Waals surface area contributed by atoms with Gasteiger partial charge in [0.1, 0.15) is 12.7 Å². The third-order valence-electron chi connectivity index (χ3n) is 5.17. The molecule has 0 radical (unpaired) electrons. The van der Waals surface area contributed by atoms with Crippen molar-refractivity contribution in [3.05, 3.63) is 47.1 Å². The predicted octanol–water partition coefficient (Wildman–Crippen LogP) is 3.69. The normalized spacial score (nSPS) is 23.9. The SMILES string of the molecule is Brc1ccc2c(c1)O[C@@H](CN1CCC(CN3C=CC=CC3)CC1)CO2. The summed E-state index contributed by atoms with van der Waals surface area (Å²) in [6, 6.07) is 5.94. The molecule has 3 heterocycles. The zero-order valence-corrected chi connectivity index (χ0v) is 16.0. The maximum absolute atomic E-state index is 6.14. The molecule has 0 bridgehead atoms. The Labute approximate surface area is 158 Å². The minimum absolute atomic E-state index is 0.119. The Hall–Kier alpha value is -1.46. The molecular formula is C20H25BrN2O2.